The minimum absolute atomic E-state index is 0.317. The van der Waals surface area contributed by atoms with Crippen molar-refractivity contribution in [2.75, 3.05) is 13.7 Å². The van der Waals surface area contributed by atoms with Gasteiger partial charge in [0.1, 0.15) is 17.6 Å². The monoisotopic (exact) mass is 253 g/mol. The fourth-order valence-electron chi connectivity index (χ4n) is 1.65. The molecule has 0 aromatic rings. The third-order valence-corrected chi connectivity index (χ3v) is 2.92. The summed E-state index contributed by atoms with van der Waals surface area (Å²) in [4.78, 5) is 11.0. The predicted molar refractivity (Wildman–Crippen MR) is 56.0 cm³/mol. The van der Waals surface area contributed by atoms with Crippen LogP contribution in [0.4, 0.5) is 0 Å². The third-order valence-electron chi connectivity index (χ3n) is 2.44. The Bertz CT molecular complexity index is 236. The first-order valence-corrected chi connectivity index (χ1v) is 5.33. The number of halogens is 1. The van der Waals surface area contributed by atoms with Gasteiger partial charge < -0.3 is 25.0 Å². The lowest BCUT2D eigenvalue weighted by atomic mass is 9.98. The maximum absolute atomic E-state index is 11.0. The average molecular weight is 254 g/mol. The molecular weight excluding hydrogens is 238 g/mol. The lowest BCUT2D eigenvalue weighted by molar-refractivity contribution is -0.225. The molecule has 0 spiro atoms. The number of alkyl halides is 1. The molecule has 1 amide bonds. The molecular formula is C9H16ClNO5. The quantitative estimate of drug-likeness (QED) is 0.552. The maximum atomic E-state index is 11.0. The van der Waals surface area contributed by atoms with Gasteiger partial charge in [0.25, 0.3) is 0 Å². The van der Waals surface area contributed by atoms with E-state index >= 15 is 0 Å². The van der Waals surface area contributed by atoms with Gasteiger partial charge in [0.05, 0.1) is 12.6 Å². The Morgan fingerprint density at radius 2 is 2.25 bits per heavy atom. The van der Waals surface area contributed by atoms with E-state index in [1.165, 1.54) is 14.0 Å². The molecule has 1 heterocycles. The number of carbonyl (C=O) groups excluding carboxylic acids is 1. The van der Waals surface area contributed by atoms with Gasteiger partial charge in [-0.2, -0.15) is 0 Å². The minimum atomic E-state index is -1.07. The number of ether oxygens (including phenoxy) is 2. The van der Waals surface area contributed by atoms with Gasteiger partial charge in [0.15, 0.2) is 6.29 Å². The van der Waals surface area contributed by atoms with Crippen LogP contribution in [0.3, 0.4) is 0 Å². The van der Waals surface area contributed by atoms with E-state index in [0.717, 1.165) is 0 Å². The number of aliphatic hydroxyl groups excluding tert-OH is 2. The van der Waals surface area contributed by atoms with Crippen molar-refractivity contribution in [1.29, 1.82) is 0 Å². The Hall–Kier alpha value is -0.400. The molecule has 94 valence electrons. The van der Waals surface area contributed by atoms with Gasteiger partial charge in [-0.15, -0.1) is 11.6 Å². The second-order valence-corrected chi connectivity index (χ2v) is 4.13. The van der Waals surface area contributed by atoms with Crippen molar-refractivity contribution < 1.29 is 24.5 Å². The first-order chi connectivity index (χ1) is 7.51. The van der Waals surface area contributed by atoms with Crippen LogP contribution in [0.15, 0.2) is 0 Å². The molecule has 0 aromatic heterocycles. The fraction of sp³-hybridized carbons (Fsp3) is 0.889. The van der Waals surface area contributed by atoms with Crippen molar-refractivity contribution in [2.24, 2.45) is 0 Å². The summed E-state index contributed by atoms with van der Waals surface area (Å²) in [5.74, 6) is -0.317. The summed E-state index contributed by atoms with van der Waals surface area (Å²) in [6, 6.07) is -0.713. The number of methoxy groups -OCH3 is 1. The SMILES string of the molecule is CO[C@H]1OC(CO)[C@@H](O)[C@H](NC(C)=O)C1Cl. The number of amides is 1. The van der Waals surface area contributed by atoms with Crippen LogP contribution in [0.5, 0.6) is 0 Å². The van der Waals surface area contributed by atoms with Crippen LogP contribution in [-0.4, -0.2) is 59.8 Å². The first-order valence-electron chi connectivity index (χ1n) is 4.89. The van der Waals surface area contributed by atoms with E-state index in [1.54, 1.807) is 0 Å². The highest BCUT2D eigenvalue weighted by molar-refractivity contribution is 6.21. The van der Waals surface area contributed by atoms with Gasteiger partial charge in [-0.3, -0.25) is 4.79 Å². The van der Waals surface area contributed by atoms with Crippen LogP contribution in [-0.2, 0) is 14.3 Å². The first kappa shape index (κ1) is 13.7. The molecule has 0 radical (unpaired) electrons. The number of rotatable bonds is 3. The zero-order valence-electron chi connectivity index (χ0n) is 9.09. The molecule has 2 unspecified atom stereocenters. The van der Waals surface area contributed by atoms with Crippen LogP contribution in [0, 0.1) is 0 Å². The lowest BCUT2D eigenvalue weighted by Gasteiger charge is -2.41. The highest BCUT2D eigenvalue weighted by atomic mass is 35.5. The van der Waals surface area contributed by atoms with Crippen LogP contribution >= 0.6 is 11.6 Å². The van der Waals surface area contributed by atoms with Gasteiger partial charge in [-0.1, -0.05) is 0 Å². The van der Waals surface area contributed by atoms with E-state index in [9.17, 15) is 9.90 Å². The Morgan fingerprint density at radius 1 is 1.62 bits per heavy atom. The summed E-state index contributed by atoms with van der Waals surface area (Å²) < 4.78 is 10.2. The summed E-state index contributed by atoms with van der Waals surface area (Å²) in [7, 11) is 1.40. The number of aliphatic hydroxyl groups is 2. The van der Waals surface area contributed by atoms with Crippen molar-refractivity contribution in [3.63, 3.8) is 0 Å². The standard InChI is InChI=1S/C9H16ClNO5/c1-4(13)11-7-6(10)9(15-2)16-5(3-12)8(7)14/h5-9,12,14H,3H2,1-2H3,(H,11,13)/t5?,6?,7-,8-,9+/m1/s1. The minimum Gasteiger partial charge on any atom is -0.394 e. The number of hydrogen-bond acceptors (Lipinski definition) is 5. The molecule has 0 aromatic carbocycles. The maximum Gasteiger partial charge on any atom is 0.217 e. The zero-order chi connectivity index (χ0) is 12.3. The smallest absolute Gasteiger partial charge is 0.217 e. The molecule has 1 aliphatic heterocycles. The van der Waals surface area contributed by atoms with E-state index in [4.69, 9.17) is 26.2 Å². The summed E-state index contributed by atoms with van der Waals surface area (Å²) in [6.07, 6.45) is -2.67. The largest absolute Gasteiger partial charge is 0.394 e. The van der Waals surface area contributed by atoms with Gasteiger partial charge >= 0.3 is 0 Å². The summed E-state index contributed by atoms with van der Waals surface area (Å²) in [6.45, 7) is 0.947. The molecule has 1 fully saturated rings. The van der Waals surface area contributed by atoms with Crippen LogP contribution in [0.2, 0.25) is 0 Å². The fourth-order valence-corrected chi connectivity index (χ4v) is 2.03. The molecule has 0 aliphatic carbocycles. The Kier molecular flexibility index (Phi) is 4.94. The Morgan fingerprint density at radius 3 is 2.69 bits per heavy atom. The Balaban J connectivity index is 2.79. The summed E-state index contributed by atoms with van der Waals surface area (Å²) in [5, 5.41) is 20.6. The molecule has 1 saturated heterocycles. The molecule has 16 heavy (non-hydrogen) atoms. The topological polar surface area (TPSA) is 88.0 Å². The second-order valence-electron chi connectivity index (χ2n) is 3.62. The van der Waals surface area contributed by atoms with Crippen molar-refractivity contribution in [2.45, 2.75) is 36.8 Å². The lowest BCUT2D eigenvalue weighted by Crippen LogP contribution is -2.62. The van der Waals surface area contributed by atoms with E-state index < -0.39 is 29.9 Å². The van der Waals surface area contributed by atoms with E-state index in [1.807, 2.05) is 0 Å². The summed E-state index contributed by atoms with van der Waals surface area (Å²) in [5.41, 5.74) is 0. The van der Waals surface area contributed by atoms with E-state index in [-0.39, 0.29) is 12.5 Å². The Labute approximate surface area is 98.5 Å². The van der Waals surface area contributed by atoms with Crippen molar-refractivity contribution >= 4 is 17.5 Å². The molecule has 3 N–H and O–H groups in total. The third kappa shape index (κ3) is 2.83. The molecule has 1 aliphatic rings. The van der Waals surface area contributed by atoms with Gasteiger partial charge in [0, 0.05) is 14.0 Å². The van der Waals surface area contributed by atoms with Crippen molar-refractivity contribution in [1.82, 2.24) is 5.32 Å². The number of hydrogen-bond donors (Lipinski definition) is 3. The van der Waals surface area contributed by atoms with Gasteiger partial charge in [-0.25, -0.2) is 0 Å². The van der Waals surface area contributed by atoms with Gasteiger partial charge in [0.2, 0.25) is 5.91 Å². The van der Waals surface area contributed by atoms with Crippen LogP contribution in [0.1, 0.15) is 6.92 Å². The van der Waals surface area contributed by atoms with Crippen molar-refractivity contribution in [3.8, 4) is 0 Å². The molecule has 0 bridgehead atoms. The highest BCUT2D eigenvalue weighted by Crippen LogP contribution is 2.25. The second kappa shape index (κ2) is 5.79. The number of nitrogens with one attached hydrogen (secondary N) is 1. The molecule has 0 saturated carbocycles. The van der Waals surface area contributed by atoms with Crippen LogP contribution < -0.4 is 5.32 Å². The average Bonchev–Trinajstić information content (AvgIpc) is 2.24. The zero-order valence-corrected chi connectivity index (χ0v) is 9.85. The molecule has 5 atom stereocenters. The molecule has 6 nitrogen and oxygen atoms in total. The predicted octanol–water partition coefficient (Wildman–Crippen LogP) is -1.18. The highest BCUT2D eigenvalue weighted by Gasteiger charge is 2.44. The molecule has 1 rings (SSSR count). The van der Waals surface area contributed by atoms with Crippen molar-refractivity contribution in [3.05, 3.63) is 0 Å². The number of carbonyl (C=O) groups is 1. The van der Waals surface area contributed by atoms with E-state index in [0.29, 0.717) is 0 Å². The van der Waals surface area contributed by atoms with E-state index in [2.05, 4.69) is 5.32 Å². The normalized spacial score (nSPS) is 39.4. The summed E-state index contributed by atoms with van der Waals surface area (Å²) >= 11 is 6.00. The molecule has 7 heteroatoms. The van der Waals surface area contributed by atoms with Gasteiger partial charge in [-0.05, 0) is 0 Å². The van der Waals surface area contributed by atoms with Crippen LogP contribution in [0.25, 0.3) is 0 Å².